The van der Waals surface area contributed by atoms with Crippen molar-refractivity contribution in [2.45, 2.75) is 213 Å². The zero-order chi connectivity index (χ0) is 40.5. The quantitative estimate of drug-likeness (QED) is 0.0268. The summed E-state index contributed by atoms with van der Waals surface area (Å²) in [4.78, 5) is 42.8. The normalized spacial score (nSPS) is 12.5. The molecule has 3 amide bonds. The molecule has 0 aromatic rings. The van der Waals surface area contributed by atoms with Gasteiger partial charge in [-0.25, -0.2) is 0 Å². The molecule has 0 saturated heterocycles. The van der Waals surface area contributed by atoms with Gasteiger partial charge in [-0.1, -0.05) is 174 Å². The third kappa shape index (κ3) is 34.0. The zero-order valence-corrected chi connectivity index (χ0v) is 36.4. The highest BCUT2D eigenvalue weighted by molar-refractivity contribution is 6.01. The SMILES string of the molecule is CCCCCCCCCCCCCCCCC(C(=O)NCCN(CCN)CCN)C(=O)N[C@@H](CCCCN)C(=O)NCCCCCCCCCCCCCC. The van der Waals surface area contributed by atoms with E-state index in [2.05, 4.69) is 34.7 Å². The van der Waals surface area contributed by atoms with Crippen molar-refractivity contribution in [3.8, 4) is 0 Å². The van der Waals surface area contributed by atoms with Crippen molar-refractivity contribution in [2.75, 3.05) is 52.4 Å². The summed E-state index contributed by atoms with van der Waals surface area (Å²) in [6, 6.07) is -0.674. The molecule has 9 N–H and O–H groups in total. The van der Waals surface area contributed by atoms with Crippen molar-refractivity contribution in [1.29, 1.82) is 0 Å². The van der Waals surface area contributed by atoms with E-state index in [4.69, 9.17) is 17.2 Å². The van der Waals surface area contributed by atoms with Crippen molar-refractivity contribution in [3.05, 3.63) is 0 Å². The molecule has 0 heterocycles. The molecule has 0 aliphatic heterocycles. The van der Waals surface area contributed by atoms with Crippen LogP contribution in [0.3, 0.4) is 0 Å². The summed E-state index contributed by atoms with van der Waals surface area (Å²) in [5.74, 6) is -1.63. The van der Waals surface area contributed by atoms with Crippen LogP contribution in [0.4, 0.5) is 0 Å². The van der Waals surface area contributed by atoms with Crippen molar-refractivity contribution in [3.63, 3.8) is 0 Å². The van der Waals surface area contributed by atoms with Gasteiger partial charge in [0.15, 0.2) is 0 Å². The van der Waals surface area contributed by atoms with Crippen LogP contribution < -0.4 is 33.2 Å². The van der Waals surface area contributed by atoms with Crippen LogP contribution in [0.5, 0.6) is 0 Å². The van der Waals surface area contributed by atoms with Gasteiger partial charge in [0.2, 0.25) is 17.7 Å². The first-order valence-corrected chi connectivity index (χ1v) is 23.6. The fourth-order valence-electron chi connectivity index (χ4n) is 7.42. The lowest BCUT2D eigenvalue weighted by molar-refractivity contribution is -0.138. The number of carbonyl (C=O) groups excluding carboxylic acids is 3. The first-order valence-electron chi connectivity index (χ1n) is 23.6. The third-order valence-electron chi connectivity index (χ3n) is 11.0. The maximum atomic E-state index is 13.8. The van der Waals surface area contributed by atoms with Gasteiger partial charge in [0, 0.05) is 45.8 Å². The summed E-state index contributed by atoms with van der Waals surface area (Å²) in [6.07, 6.45) is 35.2. The fraction of sp³-hybridized carbons (Fsp3) is 0.933. The van der Waals surface area contributed by atoms with E-state index in [-0.39, 0.29) is 17.7 Å². The highest BCUT2D eigenvalue weighted by Crippen LogP contribution is 2.17. The molecular weight excluding hydrogens is 687 g/mol. The van der Waals surface area contributed by atoms with E-state index in [0.29, 0.717) is 65.2 Å². The summed E-state index contributed by atoms with van der Waals surface area (Å²) < 4.78 is 0. The van der Waals surface area contributed by atoms with Crippen LogP contribution in [-0.4, -0.2) is 81.0 Å². The van der Waals surface area contributed by atoms with E-state index < -0.39 is 12.0 Å². The molecule has 0 spiro atoms. The first-order chi connectivity index (χ1) is 26.9. The van der Waals surface area contributed by atoms with Gasteiger partial charge in [-0.05, 0) is 38.6 Å². The molecule has 0 rings (SSSR count). The van der Waals surface area contributed by atoms with Crippen LogP contribution in [0.2, 0.25) is 0 Å². The zero-order valence-electron chi connectivity index (χ0n) is 36.4. The van der Waals surface area contributed by atoms with Crippen molar-refractivity contribution in [2.24, 2.45) is 23.1 Å². The molecule has 0 aromatic heterocycles. The summed E-state index contributed by atoms with van der Waals surface area (Å²) in [5, 5.41) is 9.08. The summed E-state index contributed by atoms with van der Waals surface area (Å²) in [7, 11) is 0. The average molecular weight is 780 g/mol. The van der Waals surface area contributed by atoms with Gasteiger partial charge in [0.05, 0.1) is 0 Å². The Morgan fingerprint density at radius 3 is 1.25 bits per heavy atom. The number of nitrogens with one attached hydrogen (secondary N) is 3. The second-order valence-corrected chi connectivity index (χ2v) is 16.2. The highest BCUT2D eigenvalue weighted by atomic mass is 16.2. The average Bonchev–Trinajstić information content (AvgIpc) is 3.17. The Bertz CT molecular complexity index is 856. The van der Waals surface area contributed by atoms with Crippen LogP contribution >= 0.6 is 0 Å². The lowest BCUT2D eigenvalue weighted by atomic mass is 9.97. The molecule has 55 heavy (non-hydrogen) atoms. The largest absolute Gasteiger partial charge is 0.354 e. The molecule has 0 aliphatic carbocycles. The minimum Gasteiger partial charge on any atom is -0.354 e. The lowest BCUT2D eigenvalue weighted by Gasteiger charge is -2.24. The van der Waals surface area contributed by atoms with Gasteiger partial charge in [-0.2, -0.15) is 0 Å². The standard InChI is InChI=1S/C45H93N7O3/c1-3-5-7-9-11-13-15-17-18-19-21-23-25-27-31-41(43(53)50-37-40-52(38-34-47)39-35-48)44(54)51-42(32-28-29-33-46)45(55)49-36-30-26-24-22-20-16-14-12-10-8-6-4-2/h41-42H,3-40,46-48H2,1-2H3,(H,49,55)(H,50,53)(H,51,54)/t41?,42-/m0/s1. The van der Waals surface area contributed by atoms with Crippen molar-refractivity contribution < 1.29 is 14.4 Å². The number of nitrogens with two attached hydrogens (primary N) is 3. The predicted molar refractivity (Wildman–Crippen MR) is 235 cm³/mol. The molecule has 2 atom stereocenters. The Hall–Kier alpha value is -1.75. The van der Waals surface area contributed by atoms with Gasteiger partial charge in [0.25, 0.3) is 0 Å². The monoisotopic (exact) mass is 780 g/mol. The molecule has 1 unspecified atom stereocenters. The molecule has 0 radical (unpaired) electrons. The van der Waals surface area contributed by atoms with Gasteiger partial charge >= 0.3 is 0 Å². The second-order valence-electron chi connectivity index (χ2n) is 16.2. The molecule has 0 aliphatic rings. The summed E-state index contributed by atoms with van der Waals surface area (Å²) in [6.45, 7) is 9.15. The number of unbranched alkanes of at least 4 members (excludes halogenated alkanes) is 25. The Morgan fingerprint density at radius 2 is 0.818 bits per heavy atom. The molecular formula is C45H93N7O3. The van der Waals surface area contributed by atoms with E-state index in [1.807, 2.05) is 0 Å². The minimum absolute atomic E-state index is 0.164. The molecule has 0 fully saturated rings. The molecule has 326 valence electrons. The van der Waals surface area contributed by atoms with Crippen LogP contribution in [0.1, 0.15) is 206 Å². The summed E-state index contributed by atoms with van der Waals surface area (Å²) >= 11 is 0. The van der Waals surface area contributed by atoms with Crippen LogP contribution in [0.25, 0.3) is 0 Å². The summed E-state index contributed by atoms with van der Waals surface area (Å²) in [5.41, 5.74) is 17.3. The number of carbonyl (C=O) groups is 3. The number of hydrogen-bond donors (Lipinski definition) is 6. The molecule has 0 bridgehead atoms. The van der Waals surface area contributed by atoms with E-state index in [0.717, 1.165) is 44.9 Å². The van der Waals surface area contributed by atoms with E-state index in [1.54, 1.807) is 0 Å². The van der Waals surface area contributed by atoms with Crippen molar-refractivity contribution >= 4 is 17.7 Å². The topological polar surface area (TPSA) is 169 Å². The number of nitrogens with zero attached hydrogens (tertiary/aromatic N) is 1. The van der Waals surface area contributed by atoms with Crippen LogP contribution in [0.15, 0.2) is 0 Å². The lowest BCUT2D eigenvalue weighted by Crippen LogP contribution is -2.51. The minimum atomic E-state index is -0.837. The Balaban J connectivity index is 4.92. The second kappa shape index (κ2) is 41.9. The maximum absolute atomic E-state index is 13.8. The smallest absolute Gasteiger partial charge is 0.242 e. The molecule has 10 nitrogen and oxygen atoms in total. The molecule has 0 saturated carbocycles. The fourth-order valence-corrected chi connectivity index (χ4v) is 7.42. The number of hydrogen-bond acceptors (Lipinski definition) is 7. The van der Waals surface area contributed by atoms with Gasteiger partial charge in [-0.3, -0.25) is 19.3 Å². The molecule has 0 aromatic carbocycles. The Morgan fingerprint density at radius 1 is 0.418 bits per heavy atom. The Labute approximate surface area is 340 Å². The van der Waals surface area contributed by atoms with Gasteiger partial charge in [0.1, 0.15) is 12.0 Å². The predicted octanol–water partition coefficient (Wildman–Crippen LogP) is 8.24. The Kier molecular flexibility index (Phi) is 40.5. The molecule has 10 heteroatoms. The maximum Gasteiger partial charge on any atom is 0.242 e. The number of rotatable bonds is 43. The van der Waals surface area contributed by atoms with Gasteiger partial charge in [-0.15, -0.1) is 0 Å². The highest BCUT2D eigenvalue weighted by Gasteiger charge is 2.30. The van der Waals surface area contributed by atoms with Gasteiger partial charge < -0.3 is 33.2 Å². The van der Waals surface area contributed by atoms with Crippen molar-refractivity contribution in [1.82, 2.24) is 20.9 Å². The first kappa shape index (κ1) is 53.2. The van der Waals surface area contributed by atoms with E-state index >= 15 is 0 Å². The van der Waals surface area contributed by atoms with E-state index in [1.165, 1.54) is 135 Å². The third-order valence-corrected chi connectivity index (χ3v) is 11.0. The van der Waals surface area contributed by atoms with Crippen LogP contribution in [0, 0.1) is 5.92 Å². The van der Waals surface area contributed by atoms with Crippen LogP contribution in [-0.2, 0) is 14.4 Å². The van der Waals surface area contributed by atoms with E-state index in [9.17, 15) is 14.4 Å². The number of amides is 3.